The number of nitrogens with one attached hydrogen (secondary N) is 1. The van der Waals surface area contributed by atoms with Crippen LogP contribution in [0.2, 0.25) is 0 Å². The molecule has 2 unspecified atom stereocenters. The summed E-state index contributed by atoms with van der Waals surface area (Å²) in [6, 6.07) is 0.0652. The van der Waals surface area contributed by atoms with Gasteiger partial charge in [0.1, 0.15) is 9.84 Å². The molecule has 0 aromatic carbocycles. The van der Waals surface area contributed by atoms with E-state index < -0.39 is 9.84 Å². The SMILES string of the molecule is CC(CS(C)(=O)=O)N(C(=O)C1CCNC1)C1CC1.Cl. The van der Waals surface area contributed by atoms with Gasteiger partial charge in [-0.25, -0.2) is 8.42 Å². The van der Waals surface area contributed by atoms with E-state index in [4.69, 9.17) is 0 Å². The molecule has 0 radical (unpaired) electrons. The Hall–Kier alpha value is -0.330. The van der Waals surface area contributed by atoms with E-state index in [-0.39, 0.29) is 42.1 Å². The number of sulfone groups is 1. The number of rotatable bonds is 5. The first-order chi connectivity index (χ1) is 8.38. The molecule has 19 heavy (non-hydrogen) atoms. The minimum Gasteiger partial charge on any atom is -0.336 e. The summed E-state index contributed by atoms with van der Waals surface area (Å²) in [4.78, 5) is 14.3. The van der Waals surface area contributed by atoms with Crippen LogP contribution in [0.3, 0.4) is 0 Å². The molecule has 0 aromatic heterocycles. The van der Waals surface area contributed by atoms with Crippen LogP contribution in [-0.2, 0) is 14.6 Å². The third kappa shape index (κ3) is 4.61. The maximum absolute atomic E-state index is 12.4. The second kappa shape index (κ2) is 6.41. The van der Waals surface area contributed by atoms with Gasteiger partial charge in [0.15, 0.2) is 0 Å². The van der Waals surface area contributed by atoms with Gasteiger partial charge in [-0.2, -0.15) is 0 Å². The minimum absolute atomic E-state index is 0. The zero-order valence-corrected chi connectivity index (χ0v) is 13.1. The molecule has 112 valence electrons. The van der Waals surface area contributed by atoms with Crippen LogP contribution in [-0.4, -0.2) is 56.4 Å². The molecule has 2 aliphatic rings. The topological polar surface area (TPSA) is 66.5 Å². The molecule has 0 aromatic rings. The van der Waals surface area contributed by atoms with E-state index in [9.17, 15) is 13.2 Å². The summed E-state index contributed by atoms with van der Waals surface area (Å²) in [6.07, 6.45) is 4.13. The Kier molecular flexibility index (Phi) is 5.65. The average Bonchev–Trinajstić information content (AvgIpc) is 2.91. The fraction of sp³-hybridized carbons (Fsp3) is 0.917. The first kappa shape index (κ1) is 16.7. The van der Waals surface area contributed by atoms with Crippen molar-refractivity contribution in [2.75, 3.05) is 25.1 Å². The summed E-state index contributed by atoms with van der Waals surface area (Å²) in [5.74, 6) is 0.237. The highest BCUT2D eigenvalue weighted by atomic mass is 35.5. The molecule has 1 saturated carbocycles. The lowest BCUT2D eigenvalue weighted by Crippen LogP contribution is -2.46. The maximum atomic E-state index is 12.4. The van der Waals surface area contributed by atoms with Crippen LogP contribution in [0.4, 0.5) is 0 Å². The van der Waals surface area contributed by atoms with E-state index >= 15 is 0 Å². The fourth-order valence-corrected chi connectivity index (χ4v) is 3.74. The van der Waals surface area contributed by atoms with Crippen LogP contribution in [0, 0.1) is 5.92 Å². The minimum atomic E-state index is -3.04. The standard InChI is InChI=1S/C12H22N2O3S.ClH/c1-9(8-18(2,16)17)14(11-3-4-11)12(15)10-5-6-13-7-10;/h9-11,13H,3-8H2,1-2H3;1H. The molecule has 5 nitrogen and oxygen atoms in total. The lowest BCUT2D eigenvalue weighted by atomic mass is 10.1. The highest BCUT2D eigenvalue weighted by Crippen LogP contribution is 2.31. The van der Waals surface area contributed by atoms with Gasteiger partial charge in [0.25, 0.3) is 0 Å². The van der Waals surface area contributed by atoms with Crippen LogP contribution in [0.15, 0.2) is 0 Å². The third-order valence-corrected chi connectivity index (χ3v) is 4.71. The molecule has 2 atom stereocenters. The molecule has 1 aliphatic heterocycles. The lowest BCUT2D eigenvalue weighted by molar-refractivity contribution is -0.137. The fourth-order valence-electron chi connectivity index (χ4n) is 2.70. The van der Waals surface area contributed by atoms with Crippen molar-refractivity contribution in [3.63, 3.8) is 0 Å². The van der Waals surface area contributed by atoms with Crippen molar-refractivity contribution in [3.05, 3.63) is 0 Å². The van der Waals surface area contributed by atoms with Crippen molar-refractivity contribution in [1.29, 1.82) is 0 Å². The molecular formula is C12H23ClN2O3S. The predicted octanol–water partition coefficient (Wildman–Crippen LogP) is 0.442. The summed E-state index contributed by atoms with van der Waals surface area (Å²) in [6.45, 7) is 3.46. The zero-order valence-electron chi connectivity index (χ0n) is 11.5. The molecule has 2 rings (SSSR count). The van der Waals surface area contributed by atoms with Gasteiger partial charge in [-0.1, -0.05) is 0 Å². The van der Waals surface area contributed by atoms with Crippen LogP contribution in [0.1, 0.15) is 26.2 Å². The summed E-state index contributed by atoms with van der Waals surface area (Å²) in [5, 5.41) is 3.19. The molecule has 7 heteroatoms. The normalized spacial score (nSPS) is 24.6. The van der Waals surface area contributed by atoms with Gasteiger partial charge in [-0.15, -0.1) is 12.4 Å². The summed E-state index contributed by atoms with van der Waals surface area (Å²) in [7, 11) is -3.04. The number of carbonyl (C=O) groups is 1. The number of halogens is 1. The second-order valence-electron chi connectivity index (χ2n) is 5.61. The molecule has 1 amide bonds. The summed E-state index contributed by atoms with van der Waals surface area (Å²) < 4.78 is 22.8. The van der Waals surface area contributed by atoms with E-state index in [0.717, 1.165) is 32.4 Å². The van der Waals surface area contributed by atoms with Crippen molar-refractivity contribution < 1.29 is 13.2 Å². The molecule has 1 aliphatic carbocycles. The molecular weight excluding hydrogens is 288 g/mol. The molecule has 2 fully saturated rings. The smallest absolute Gasteiger partial charge is 0.227 e. The highest BCUT2D eigenvalue weighted by Gasteiger charge is 2.39. The zero-order chi connectivity index (χ0) is 13.3. The summed E-state index contributed by atoms with van der Waals surface area (Å²) >= 11 is 0. The summed E-state index contributed by atoms with van der Waals surface area (Å²) in [5.41, 5.74) is 0. The van der Waals surface area contributed by atoms with Crippen molar-refractivity contribution >= 4 is 28.2 Å². The second-order valence-corrected chi connectivity index (χ2v) is 7.79. The molecule has 1 N–H and O–H groups in total. The van der Waals surface area contributed by atoms with Crippen molar-refractivity contribution in [2.45, 2.75) is 38.3 Å². The number of nitrogens with zero attached hydrogens (tertiary/aromatic N) is 1. The van der Waals surface area contributed by atoms with E-state index in [1.807, 2.05) is 11.8 Å². The molecule has 1 heterocycles. The maximum Gasteiger partial charge on any atom is 0.227 e. The quantitative estimate of drug-likeness (QED) is 0.800. The van der Waals surface area contributed by atoms with Gasteiger partial charge in [-0.05, 0) is 32.7 Å². The number of amides is 1. The van der Waals surface area contributed by atoms with Crippen LogP contribution in [0.5, 0.6) is 0 Å². The van der Waals surface area contributed by atoms with Gasteiger partial charge in [0.05, 0.1) is 11.7 Å². The first-order valence-corrected chi connectivity index (χ1v) is 8.65. The molecule has 0 spiro atoms. The number of hydrogen-bond donors (Lipinski definition) is 1. The van der Waals surface area contributed by atoms with Gasteiger partial charge in [0, 0.05) is 24.9 Å². The van der Waals surface area contributed by atoms with Crippen molar-refractivity contribution in [1.82, 2.24) is 10.2 Å². The Morgan fingerprint density at radius 2 is 2.00 bits per heavy atom. The number of carbonyl (C=O) groups excluding carboxylic acids is 1. The van der Waals surface area contributed by atoms with Gasteiger partial charge < -0.3 is 10.2 Å². The van der Waals surface area contributed by atoms with Gasteiger partial charge in [0.2, 0.25) is 5.91 Å². The third-order valence-electron chi connectivity index (χ3n) is 3.62. The van der Waals surface area contributed by atoms with E-state index in [1.165, 1.54) is 6.26 Å². The Morgan fingerprint density at radius 3 is 2.42 bits per heavy atom. The van der Waals surface area contributed by atoms with E-state index in [1.54, 1.807) is 0 Å². The molecule has 0 bridgehead atoms. The van der Waals surface area contributed by atoms with E-state index in [0.29, 0.717) is 0 Å². The Balaban J connectivity index is 0.00000180. The van der Waals surface area contributed by atoms with Gasteiger partial charge >= 0.3 is 0 Å². The Bertz CT molecular complexity index is 417. The first-order valence-electron chi connectivity index (χ1n) is 6.59. The van der Waals surface area contributed by atoms with Crippen molar-refractivity contribution in [3.8, 4) is 0 Å². The highest BCUT2D eigenvalue weighted by molar-refractivity contribution is 7.90. The monoisotopic (exact) mass is 310 g/mol. The van der Waals surface area contributed by atoms with Crippen LogP contribution >= 0.6 is 12.4 Å². The van der Waals surface area contributed by atoms with Crippen molar-refractivity contribution in [2.24, 2.45) is 5.92 Å². The Labute approximate surface area is 121 Å². The van der Waals surface area contributed by atoms with E-state index in [2.05, 4.69) is 5.32 Å². The van der Waals surface area contributed by atoms with Gasteiger partial charge in [-0.3, -0.25) is 4.79 Å². The Morgan fingerprint density at radius 1 is 1.37 bits per heavy atom. The number of hydrogen-bond acceptors (Lipinski definition) is 4. The predicted molar refractivity (Wildman–Crippen MR) is 77.3 cm³/mol. The molecule has 1 saturated heterocycles. The largest absolute Gasteiger partial charge is 0.336 e. The average molecular weight is 311 g/mol. The lowest BCUT2D eigenvalue weighted by Gasteiger charge is -2.31. The van der Waals surface area contributed by atoms with Crippen LogP contribution < -0.4 is 5.32 Å². The van der Waals surface area contributed by atoms with Crippen LogP contribution in [0.25, 0.3) is 0 Å².